The Morgan fingerprint density at radius 3 is 2.36 bits per heavy atom. The standard InChI is InChI=1S/C5H6N2O2S2/c8-5(7(10)11)9-6-3-1-2-4-6/h1-4,10-11H. The minimum atomic E-state index is -0.659. The second-order valence-corrected chi connectivity index (χ2v) is 2.81. The molecule has 0 unspecified atom stereocenters. The van der Waals surface area contributed by atoms with E-state index in [9.17, 15) is 4.79 Å². The van der Waals surface area contributed by atoms with Crippen LogP contribution in [0, 0.1) is 0 Å². The molecule has 0 aliphatic rings. The summed E-state index contributed by atoms with van der Waals surface area (Å²) < 4.78 is 2.00. The fourth-order valence-corrected chi connectivity index (χ4v) is 0.579. The topological polar surface area (TPSA) is 34.5 Å². The quantitative estimate of drug-likeness (QED) is 0.649. The van der Waals surface area contributed by atoms with Crippen LogP contribution < -0.4 is 4.84 Å². The number of amides is 1. The van der Waals surface area contributed by atoms with Gasteiger partial charge in [0.05, 0.1) is 0 Å². The lowest BCUT2D eigenvalue weighted by molar-refractivity contribution is 0.130. The Labute approximate surface area is 74.8 Å². The van der Waals surface area contributed by atoms with Crippen LogP contribution in [-0.2, 0) is 0 Å². The van der Waals surface area contributed by atoms with E-state index < -0.39 is 6.09 Å². The SMILES string of the molecule is O=C(On1cccc1)N(S)S. The van der Waals surface area contributed by atoms with Crippen LogP contribution in [0.5, 0.6) is 0 Å². The summed E-state index contributed by atoms with van der Waals surface area (Å²) in [5.74, 6) is 0. The van der Waals surface area contributed by atoms with Gasteiger partial charge in [0.15, 0.2) is 0 Å². The number of aromatic nitrogens is 1. The molecule has 4 nitrogen and oxygen atoms in total. The Kier molecular flexibility index (Phi) is 2.72. The second-order valence-electron chi connectivity index (χ2n) is 1.69. The van der Waals surface area contributed by atoms with E-state index in [0.717, 1.165) is 3.71 Å². The first-order valence-electron chi connectivity index (χ1n) is 2.73. The van der Waals surface area contributed by atoms with Crippen LogP contribution >= 0.6 is 25.6 Å². The average Bonchev–Trinajstić information content (AvgIpc) is 2.39. The van der Waals surface area contributed by atoms with Crippen molar-refractivity contribution >= 4 is 31.7 Å². The summed E-state index contributed by atoms with van der Waals surface area (Å²) in [6, 6.07) is 3.46. The van der Waals surface area contributed by atoms with Gasteiger partial charge in [0.2, 0.25) is 0 Å². The number of carbonyl (C=O) groups is 1. The molecule has 6 heteroatoms. The molecular formula is C5H6N2O2S2. The number of carbonyl (C=O) groups excluding carboxylic acids is 1. The van der Waals surface area contributed by atoms with E-state index in [4.69, 9.17) is 0 Å². The molecule has 0 aliphatic heterocycles. The van der Waals surface area contributed by atoms with Crippen LogP contribution in [-0.4, -0.2) is 14.5 Å². The van der Waals surface area contributed by atoms with E-state index in [2.05, 4.69) is 30.5 Å². The van der Waals surface area contributed by atoms with E-state index >= 15 is 0 Å². The van der Waals surface area contributed by atoms with Crippen molar-refractivity contribution < 1.29 is 9.63 Å². The zero-order valence-corrected chi connectivity index (χ0v) is 7.20. The molecular weight excluding hydrogens is 184 g/mol. The van der Waals surface area contributed by atoms with Gasteiger partial charge in [0, 0.05) is 12.4 Å². The number of hydrogen-bond acceptors (Lipinski definition) is 4. The molecule has 0 saturated carbocycles. The fourth-order valence-electron chi connectivity index (χ4n) is 0.506. The zero-order chi connectivity index (χ0) is 8.27. The summed E-state index contributed by atoms with van der Waals surface area (Å²) in [5, 5.41) is 0. The molecule has 0 aliphatic carbocycles. The lowest BCUT2D eigenvalue weighted by Gasteiger charge is -2.07. The maximum absolute atomic E-state index is 10.7. The monoisotopic (exact) mass is 190 g/mol. The van der Waals surface area contributed by atoms with Gasteiger partial charge >= 0.3 is 6.09 Å². The number of nitrogens with zero attached hydrogens (tertiary/aromatic N) is 2. The minimum absolute atomic E-state index is 0.659. The Morgan fingerprint density at radius 1 is 1.36 bits per heavy atom. The van der Waals surface area contributed by atoms with Crippen LogP contribution in [0.4, 0.5) is 4.79 Å². The third-order valence-electron chi connectivity index (χ3n) is 0.924. The number of rotatable bonds is 1. The third-order valence-corrected chi connectivity index (χ3v) is 1.25. The van der Waals surface area contributed by atoms with Crippen molar-refractivity contribution in [2.75, 3.05) is 0 Å². The molecule has 0 N–H and O–H groups in total. The minimum Gasteiger partial charge on any atom is -0.316 e. The summed E-state index contributed by atoms with van der Waals surface area (Å²) in [5.41, 5.74) is 0. The van der Waals surface area contributed by atoms with Crippen LogP contribution in [0.3, 0.4) is 0 Å². The highest BCUT2D eigenvalue weighted by Gasteiger charge is 2.06. The molecule has 0 atom stereocenters. The molecule has 1 rings (SSSR count). The molecule has 0 radical (unpaired) electrons. The van der Waals surface area contributed by atoms with Crippen LogP contribution in [0.1, 0.15) is 0 Å². The van der Waals surface area contributed by atoms with Crippen LogP contribution in [0.2, 0.25) is 0 Å². The van der Waals surface area contributed by atoms with Gasteiger partial charge in [0.25, 0.3) is 0 Å². The fraction of sp³-hybridized carbons (Fsp3) is 0. The van der Waals surface area contributed by atoms with Gasteiger partial charge < -0.3 is 4.84 Å². The molecule has 60 valence electrons. The molecule has 1 amide bonds. The van der Waals surface area contributed by atoms with Crippen molar-refractivity contribution in [2.45, 2.75) is 0 Å². The lowest BCUT2D eigenvalue weighted by Crippen LogP contribution is -2.23. The number of thiol groups is 2. The smallest absolute Gasteiger partial charge is 0.316 e. The Balaban J connectivity index is 2.50. The normalized spacial score (nSPS) is 9.27. The van der Waals surface area contributed by atoms with Crippen molar-refractivity contribution in [3.05, 3.63) is 24.5 Å². The first kappa shape index (κ1) is 8.35. The van der Waals surface area contributed by atoms with Crippen LogP contribution in [0.25, 0.3) is 0 Å². The Bertz CT molecular complexity index is 235. The lowest BCUT2D eigenvalue weighted by atomic mass is 10.7. The van der Waals surface area contributed by atoms with Crippen molar-refractivity contribution in [1.29, 1.82) is 0 Å². The first-order chi connectivity index (χ1) is 5.20. The molecule has 1 heterocycles. The van der Waals surface area contributed by atoms with Gasteiger partial charge in [-0.15, -0.1) is 0 Å². The zero-order valence-electron chi connectivity index (χ0n) is 5.41. The Morgan fingerprint density at radius 2 is 1.91 bits per heavy atom. The molecule has 0 aromatic carbocycles. The highest BCUT2D eigenvalue weighted by molar-refractivity contribution is 7.94. The predicted molar refractivity (Wildman–Crippen MR) is 46.2 cm³/mol. The van der Waals surface area contributed by atoms with Crippen molar-refractivity contribution in [1.82, 2.24) is 8.44 Å². The average molecular weight is 190 g/mol. The summed E-state index contributed by atoms with van der Waals surface area (Å²) in [6.45, 7) is 0. The molecule has 0 fully saturated rings. The maximum atomic E-state index is 10.7. The van der Waals surface area contributed by atoms with Gasteiger partial charge in [-0.2, -0.15) is 8.44 Å². The highest BCUT2D eigenvalue weighted by atomic mass is 32.2. The molecule has 0 spiro atoms. The first-order valence-corrected chi connectivity index (χ1v) is 3.53. The summed E-state index contributed by atoms with van der Waals surface area (Å²) in [6.07, 6.45) is 2.51. The van der Waals surface area contributed by atoms with E-state index in [1.54, 1.807) is 24.5 Å². The van der Waals surface area contributed by atoms with Gasteiger partial charge in [-0.05, 0) is 37.8 Å². The van der Waals surface area contributed by atoms with E-state index in [0.29, 0.717) is 0 Å². The van der Waals surface area contributed by atoms with Gasteiger partial charge in [-0.1, -0.05) is 0 Å². The molecule has 0 saturated heterocycles. The van der Waals surface area contributed by atoms with Gasteiger partial charge in [-0.25, -0.2) is 4.79 Å². The van der Waals surface area contributed by atoms with Gasteiger partial charge in [0.1, 0.15) is 0 Å². The van der Waals surface area contributed by atoms with Crippen molar-refractivity contribution in [3.63, 3.8) is 0 Å². The van der Waals surface area contributed by atoms with E-state index in [1.165, 1.54) is 4.73 Å². The van der Waals surface area contributed by atoms with E-state index in [1.807, 2.05) is 0 Å². The van der Waals surface area contributed by atoms with Crippen molar-refractivity contribution in [3.8, 4) is 0 Å². The highest BCUT2D eigenvalue weighted by Crippen LogP contribution is 1.98. The molecule has 1 aromatic rings. The summed E-state index contributed by atoms with van der Waals surface area (Å²) in [7, 11) is 0. The van der Waals surface area contributed by atoms with E-state index in [-0.39, 0.29) is 0 Å². The molecule has 0 bridgehead atoms. The molecule has 1 aromatic heterocycles. The maximum Gasteiger partial charge on any atom is 0.454 e. The molecule has 11 heavy (non-hydrogen) atoms. The third kappa shape index (κ3) is 2.39. The van der Waals surface area contributed by atoms with Crippen LogP contribution in [0.15, 0.2) is 24.5 Å². The Hall–Kier alpha value is -0.750. The second kappa shape index (κ2) is 3.59. The summed E-state index contributed by atoms with van der Waals surface area (Å²) in [4.78, 5) is 15.4. The summed E-state index contributed by atoms with van der Waals surface area (Å²) >= 11 is 7.23. The van der Waals surface area contributed by atoms with Crippen molar-refractivity contribution in [2.24, 2.45) is 0 Å². The number of hydrogen-bond donors (Lipinski definition) is 2. The largest absolute Gasteiger partial charge is 0.454 e. The predicted octanol–water partition coefficient (Wildman–Crippen LogP) is 1.03. The van der Waals surface area contributed by atoms with Gasteiger partial charge in [-0.3, -0.25) is 0 Å².